The highest BCUT2D eigenvalue weighted by Gasteiger charge is 2.27. The molecule has 2 atom stereocenters. The molecule has 0 saturated heterocycles. The van der Waals surface area contributed by atoms with Crippen LogP contribution in [0.15, 0.2) is 12.1 Å². The summed E-state index contributed by atoms with van der Waals surface area (Å²) in [7, 11) is 0. The number of Topliss-reactive ketones (excluding diaryl/α,β-unsaturated/α-hetero) is 2. The van der Waals surface area contributed by atoms with Gasteiger partial charge in [0.25, 0.3) is 0 Å². The van der Waals surface area contributed by atoms with Crippen molar-refractivity contribution in [1.29, 1.82) is 0 Å². The Morgan fingerprint density at radius 2 is 1.88 bits per heavy atom. The first kappa shape index (κ1) is 20.8. The largest absolute Gasteiger partial charge is 0.353 e. The monoisotopic (exact) mass is 377 g/mol. The van der Waals surface area contributed by atoms with Gasteiger partial charge in [-0.3, -0.25) is 14.4 Å². The van der Waals surface area contributed by atoms with Gasteiger partial charge in [0, 0.05) is 36.6 Å². The van der Waals surface area contributed by atoms with Crippen LogP contribution in [0.1, 0.15) is 85.7 Å². The number of aryl methyl sites for hydroxylation is 1. The van der Waals surface area contributed by atoms with Crippen LogP contribution in [0.5, 0.6) is 0 Å². The van der Waals surface area contributed by atoms with Gasteiger partial charge in [0.1, 0.15) is 5.78 Å². The Balaban J connectivity index is 1.65. The van der Waals surface area contributed by atoms with Crippen molar-refractivity contribution in [3.8, 4) is 0 Å². The molecule has 1 amide bonds. The highest BCUT2D eigenvalue weighted by molar-refractivity contribution is 7.14. The number of thiophene rings is 1. The predicted octanol–water partition coefficient (Wildman–Crippen LogP) is 4.84. The number of unbranched alkanes of at least 4 members (excludes halogenated alkanes) is 1. The van der Waals surface area contributed by atoms with Crippen LogP contribution in [0.4, 0.5) is 0 Å². The molecule has 4 nitrogen and oxygen atoms in total. The molecule has 1 aromatic rings. The van der Waals surface area contributed by atoms with Crippen LogP contribution < -0.4 is 5.32 Å². The summed E-state index contributed by atoms with van der Waals surface area (Å²) < 4.78 is 0. The Hall–Kier alpha value is -1.49. The van der Waals surface area contributed by atoms with Crippen LogP contribution in [0, 0.1) is 12.8 Å². The maximum atomic E-state index is 12.2. The highest BCUT2D eigenvalue weighted by Crippen LogP contribution is 2.30. The topological polar surface area (TPSA) is 63.2 Å². The van der Waals surface area contributed by atoms with E-state index >= 15 is 0 Å². The van der Waals surface area contributed by atoms with Crippen LogP contribution in [0.25, 0.3) is 0 Å². The number of rotatable bonds is 11. The number of amides is 1. The molecular weight excluding hydrogens is 346 g/mol. The van der Waals surface area contributed by atoms with Crippen LogP contribution >= 0.6 is 11.3 Å². The van der Waals surface area contributed by atoms with Crippen molar-refractivity contribution in [2.45, 2.75) is 84.1 Å². The number of carbonyl (C=O) groups excluding carboxylic acids is 3. The normalized spacial score (nSPS) is 19.5. The van der Waals surface area contributed by atoms with Crippen molar-refractivity contribution in [2.75, 3.05) is 0 Å². The molecule has 1 fully saturated rings. The number of hydrogen-bond donors (Lipinski definition) is 1. The molecule has 0 bridgehead atoms. The maximum Gasteiger partial charge on any atom is 0.220 e. The van der Waals surface area contributed by atoms with Gasteiger partial charge in [-0.15, -0.1) is 11.3 Å². The molecule has 0 aromatic carbocycles. The van der Waals surface area contributed by atoms with Crippen LogP contribution in [-0.4, -0.2) is 23.5 Å². The van der Waals surface area contributed by atoms with E-state index in [-0.39, 0.29) is 49.2 Å². The zero-order valence-electron chi connectivity index (χ0n) is 16.0. The maximum absolute atomic E-state index is 12.2. The fourth-order valence-corrected chi connectivity index (χ4v) is 4.49. The van der Waals surface area contributed by atoms with Gasteiger partial charge in [0.15, 0.2) is 5.78 Å². The molecule has 26 heavy (non-hydrogen) atoms. The Morgan fingerprint density at radius 3 is 2.58 bits per heavy atom. The Labute approximate surface area is 160 Å². The molecule has 144 valence electrons. The van der Waals surface area contributed by atoms with Gasteiger partial charge in [0.2, 0.25) is 5.91 Å². The summed E-state index contributed by atoms with van der Waals surface area (Å²) in [5, 5.41) is 3.13. The summed E-state index contributed by atoms with van der Waals surface area (Å²) in [5.41, 5.74) is 0. The van der Waals surface area contributed by atoms with Crippen molar-refractivity contribution in [2.24, 2.45) is 5.92 Å². The number of hydrogen-bond acceptors (Lipinski definition) is 4. The molecule has 5 heteroatoms. The zero-order valence-corrected chi connectivity index (χ0v) is 16.8. The van der Waals surface area contributed by atoms with Gasteiger partial charge in [-0.1, -0.05) is 26.2 Å². The number of ketones is 2. The number of nitrogens with one attached hydrogen (secondary N) is 1. The van der Waals surface area contributed by atoms with E-state index in [9.17, 15) is 14.4 Å². The lowest BCUT2D eigenvalue weighted by Gasteiger charge is -2.20. The minimum absolute atomic E-state index is 0.00395. The van der Waals surface area contributed by atoms with E-state index in [4.69, 9.17) is 0 Å². The van der Waals surface area contributed by atoms with Crippen molar-refractivity contribution in [1.82, 2.24) is 5.32 Å². The first-order chi connectivity index (χ1) is 12.5. The Morgan fingerprint density at radius 1 is 1.12 bits per heavy atom. The summed E-state index contributed by atoms with van der Waals surface area (Å²) in [6.07, 6.45) is 7.97. The van der Waals surface area contributed by atoms with Gasteiger partial charge in [0.05, 0.1) is 4.88 Å². The van der Waals surface area contributed by atoms with Crippen LogP contribution in [0.2, 0.25) is 0 Å². The lowest BCUT2D eigenvalue weighted by Crippen LogP contribution is -2.37. The third kappa shape index (κ3) is 6.67. The quantitative estimate of drug-likeness (QED) is 0.561. The van der Waals surface area contributed by atoms with E-state index < -0.39 is 0 Å². The van der Waals surface area contributed by atoms with Crippen molar-refractivity contribution in [3.05, 3.63) is 21.9 Å². The molecule has 1 saturated carbocycles. The summed E-state index contributed by atoms with van der Waals surface area (Å²) in [5.74, 6) is 0.592. The summed E-state index contributed by atoms with van der Waals surface area (Å²) in [6, 6.07) is 4.02. The number of carbonyl (C=O) groups is 3. The molecule has 2 unspecified atom stereocenters. The first-order valence-electron chi connectivity index (χ1n) is 9.90. The molecule has 1 N–H and O–H groups in total. The molecule has 1 aliphatic rings. The summed E-state index contributed by atoms with van der Waals surface area (Å²) in [4.78, 5) is 38.0. The van der Waals surface area contributed by atoms with Crippen molar-refractivity contribution in [3.63, 3.8) is 0 Å². The standard InChI is InChI=1S/C21H31NO3S/c1-3-4-6-16-7-5-8-18(16)22-21(25)14-11-17(23)10-12-19(24)20-13-9-15(2)26-20/h9,13,16,18H,3-8,10-12,14H2,1-2H3,(H,22,25). The highest BCUT2D eigenvalue weighted by atomic mass is 32.1. The lowest BCUT2D eigenvalue weighted by molar-refractivity contribution is -0.126. The molecule has 0 radical (unpaired) electrons. The van der Waals surface area contributed by atoms with Gasteiger partial charge in [-0.05, 0) is 44.2 Å². The molecule has 2 rings (SSSR count). The molecule has 1 aliphatic carbocycles. The fraction of sp³-hybridized carbons (Fsp3) is 0.667. The van der Waals surface area contributed by atoms with E-state index in [1.807, 2.05) is 19.1 Å². The SMILES string of the molecule is CCCCC1CCCC1NC(=O)CCC(=O)CCC(=O)c1ccc(C)s1. The van der Waals surface area contributed by atoms with Crippen LogP contribution in [-0.2, 0) is 9.59 Å². The van der Waals surface area contributed by atoms with E-state index in [0.717, 1.165) is 11.3 Å². The summed E-state index contributed by atoms with van der Waals surface area (Å²) >= 11 is 1.46. The second-order valence-corrected chi connectivity index (χ2v) is 8.67. The molecule has 0 aliphatic heterocycles. The Kier molecular flexibility index (Phi) is 8.49. The molecule has 0 spiro atoms. The van der Waals surface area contributed by atoms with Crippen LogP contribution in [0.3, 0.4) is 0 Å². The zero-order chi connectivity index (χ0) is 18.9. The van der Waals surface area contributed by atoms with Gasteiger partial charge < -0.3 is 5.32 Å². The second kappa shape index (κ2) is 10.6. The molecule has 1 aromatic heterocycles. The first-order valence-corrected chi connectivity index (χ1v) is 10.7. The van der Waals surface area contributed by atoms with E-state index in [1.165, 1.54) is 43.4 Å². The Bertz CT molecular complexity index is 623. The third-order valence-electron chi connectivity index (χ3n) is 5.21. The average Bonchev–Trinajstić information content (AvgIpc) is 3.25. The predicted molar refractivity (Wildman–Crippen MR) is 106 cm³/mol. The van der Waals surface area contributed by atoms with Crippen molar-refractivity contribution < 1.29 is 14.4 Å². The van der Waals surface area contributed by atoms with E-state index in [2.05, 4.69) is 12.2 Å². The lowest BCUT2D eigenvalue weighted by atomic mass is 9.96. The molecule has 1 heterocycles. The molecular formula is C21H31NO3S. The van der Waals surface area contributed by atoms with Crippen molar-refractivity contribution >= 4 is 28.8 Å². The average molecular weight is 378 g/mol. The van der Waals surface area contributed by atoms with E-state index in [0.29, 0.717) is 10.8 Å². The minimum atomic E-state index is -0.0213. The van der Waals surface area contributed by atoms with Gasteiger partial charge in [-0.25, -0.2) is 0 Å². The minimum Gasteiger partial charge on any atom is -0.353 e. The fourth-order valence-electron chi connectivity index (χ4n) is 3.66. The van der Waals surface area contributed by atoms with Gasteiger partial charge >= 0.3 is 0 Å². The second-order valence-electron chi connectivity index (χ2n) is 7.38. The van der Waals surface area contributed by atoms with E-state index in [1.54, 1.807) is 0 Å². The van der Waals surface area contributed by atoms with Gasteiger partial charge in [-0.2, -0.15) is 0 Å². The third-order valence-corrected chi connectivity index (χ3v) is 6.25. The summed E-state index contributed by atoms with van der Waals surface area (Å²) in [6.45, 7) is 4.15. The smallest absolute Gasteiger partial charge is 0.220 e.